The highest BCUT2D eigenvalue weighted by Crippen LogP contribution is 2.34. The van der Waals surface area contributed by atoms with E-state index in [0.717, 1.165) is 5.56 Å². The molecule has 0 aromatic heterocycles. The van der Waals surface area contributed by atoms with Crippen LogP contribution in [0.3, 0.4) is 0 Å². The lowest BCUT2D eigenvalue weighted by Crippen LogP contribution is -2.03. The number of ether oxygens (including phenoxy) is 3. The zero-order chi connectivity index (χ0) is 16.8. The van der Waals surface area contributed by atoms with Crippen LogP contribution in [-0.2, 0) is 0 Å². The normalized spacial score (nSPS) is 10.6. The second-order valence-corrected chi connectivity index (χ2v) is 4.77. The van der Waals surface area contributed by atoms with Gasteiger partial charge in [-0.05, 0) is 23.8 Å². The van der Waals surface area contributed by atoms with Gasteiger partial charge < -0.3 is 19.9 Å². The fourth-order valence-electron chi connectivity index (χ4n) is 2.11. The van der Waals surface area contributed by atoms with Crippen LogP contribution in [0.25, 0.3) is 6.08 Å². The first-order chi connectivity index (χ1) is 11.1. The second kappa shape index (κ2) is 7.35. The number of allylic oxidation sites excluding steroid dienone is 1. The molecule has 5 heteroatoms. The van der Waals surface area contributed by atoms with Crippen molar-refractivity contribution < 1.29 is 19.0 Å². The van der Waals surface area contributed by atoms with Crippen molar-refractivity contribution in [1.29, 1.82) is 0 Å². The molecule has 5 nitrogen and oxygen atoms in total. The number of hydrogen-bond acceptors (Lipinski definition) is 5. The predicted molar refractivity (Wildman–Crippen MR) is 90.3 cm³/mol. The molecule has 2 rings (SSSR count). The highest BCUT2D eigenvalue weighted by atomic mass is 16.5. The van der Waals surface area contributed by atoms with Crippen molar-refractivity contribution in [2.45, 2.75) is 0 Å². The minimum Gasteiger partial charge on any atom is -0.496 e. The van der Waals surface area contributed by atoms with E-state index in [1.165, 1.54) is 27.4 Å². The van der Waals surface area contributed by atoms with E-state index in [1.807, 2.05) is 12.1 Å². The Morgan fingerprint density at radius 1 is 0.957 bits per heavy atom. The van der Waals surface area contributed by atoms with Crippen LogP contribution in [-0.4, -0.2) is 27.1 Å². The molecular formula is C18H19NO4. The van der Waals surface area contributed by atoms with Crippen molar-refractivity contribution in [2.24, 2.45) is 0 Å². The molecule has 23 heavy (non-hydrogen) atoms. The van der Waals surface area contributed by atoms with Crippen LogP contribution in [0.5, 0.6) is 17.2 Å². The largest absolute Gasteiger partial charge is 0.496 e. The summed E-state index contributed by atoms with van der Waals surface area (Å²) >= 11 is 0. The number of methoxy groups -OCH3 is 3. The maximum Gasteiger partial charge on any atom is 0.193 e. The molecule has 0 bridgehead atoms. The summed E-state index contributed by atoms with van der Waals surface area (Å²) in [7, 11) is 4.53. The summed E-state index contributed by atoms with van der Waals surface area (Å²) in [6, 6.07) is 10.5. The van der Waals surface area contributed by atoms with Gasteiger partial charge in [0.2, 0.25) is 0 Å². The Kier molecular flexibility index (Phi) is 5.25. The number of hydrogen-bond donors (Lipinski definition) is 1. The molecule has 2 aromatic rings. The van der Waals surface area contributed by atoms with Crippen LogP contribution in [0.2, 0.25) is 0 Å². The van der Waals surface area contributed by atoms with Crippen LogP contribution >= 0.6 is 0 Å². The van der Waals surface area contributed by atoms with E-state index in [4.69, 9.17) is 19.9 Å². The lowest BCUT2D eigenvalue weighted by atomic mass is 10.1. The monoisotopic (exact) mass is 313 g/mol. The standard InChI is InChI=1S/C18H19NO4/c1-21-14-10-16(22-2)18(17(11-14)23-3)15(20)9-6-12-4-7-13(19)8-5-12/h4-11H,19H2,1-3H3/b9-6+. The third kappa shape index (κ3) is 3.83. The SMILES string of the molecule is COc1cc(OC)c(C(=O)/C=C/c2ccc(N)cc2)c(OC)c1. The first-order valence-corrected chi connectivity index (χ1v) is 6.97. The van der Waals surface area contributed by atoms with E-state index in [9.17, 15) is 4.79 Å². The predicted octanol–water partition coefficient (Wildman–Crippen LogP) is 3.19. The number of ketones is 1. The van der Waals surface area contributed by atoms with Crippen LogP contribution in [0, 0.1) is 0 Å². The highest BCUT2D eigenvalue weighted by Gasteiger charge is 2.18. The molecule has 0 aliphatic carbocycles. The molecule has 0 amide bonds. The van der Waals surface area contributed by atoms with Crippen molar-refractivity contribution in [3.05, 3.63) is 53.6 Å². The minimum atomic E-state index is -0.224. The molecule has 0 atom stereocenters. The average molecular weight is 313 g/mol. The van der Waals surface area contributed by atoms with E-state index in [2.05, 4.69) is 0 Å². The maximum atomic E-state index is 12.5. The van der Waals surface area contributed by atoms with Crippen LogP contribution in [0.15, 0.2) is 42.5 Å². The summed E-state index contributed by atoms with van der Waals surface area (Å²) in [5.41, 5.74) is 7.54. The van der Waals surface area contributed by atoms with Crippen molar-refractivity contribution in [3.63, 3.8) is 0 Å². The third-order valence-corrected chi connectivity index (χ3v) is 3.33. The van der Waals surface area contributed by atoms with E-state index in [-0.39, 0.29) is 5.78 Å². The number of rotatable bonds is 6. The Hall–Kier alpha value is -2.95. The lowest BCUT2D eigenvalue weighted by Gasteiger charge is -2.13. The summed E-state index contributed by atoms with van der Waals surface area (Å²) < 4.78 is 15.7. The van der Waals surface area contributed by atoms with E-state index >= 15 is 0 Å². The minimum absolute atomic E-state index is 0.224. The molecule has 0 aliphatic heterocycles. The molecule has 0 heterocycles. The molecule has 0 radical (unpaired) electrons. The van der Waals surface area contributed by atoms with Gasteiger partial charge in [-0.1, -0.05) is 18.2 Å². The summed E-state index contributed by atoms with van der Waals surface area (Å²) in [6.07, 6.45) is 3.18. The van der Waals surface area contributed by atoms with Crippen molar-refractivity contribution in [3.8, 4) is 17.2 Å². The Morgan fingerprint density at radius 2 is 1.52 bits per heavy atom. The molecule has 120 valence electrons. The molecule has 0 fully saturated rings. The molecule has 0 unspecified atom stereocenters. The summed E-state index contributed by atoms with van der Waals surface area (Å²) in [4.78, 5) is 12.5. The fourth-order valence-corrected chi connectivity index (χ4v) is 2.11. The Morgan fingerprint density at radius 3 is 2.00 bits per heavy atom. The topological polar surface area (TPSA) is 70.8 Å². The van der Waals surface area contributed by atoms with Gasteiger partial charge in [0, 0.05) is 17.8 Å². The number of nitrogens with two attached hydrogens (primary N) is 1. The fraction of sp³-hybridized carbons (Fsp3) is 0.167. The van der Waals surface area contributed by atoms with Crippen molar-refractivity contribution in [1.82, 2.24) is 0 Å². The van der Waals surface area contributed by atoms with Crippen LogP contribution in [0.1, 0.15) is 15.9 Å². The summed E-state index contributed by atoms with van der Waals surface area (Å²) in [5, 5.41) is 0. The number of carbonyl (C=O) groups is 1. The molecule has 0 saturated heterocycles. The van der Waals surface area contributed by atoms with Gasteiger partial charge in [0.1, 0.15) is 22.8 Å². The van der Waals surface area contributed by atoms with Gasteiger partial charge in [-0.2, -0.15) is 0 Å². The maximum absolute atomic E-state index is 12.5. The summed E-state index contributed by atoms with van der Waals surface area (Å²) in [6.45, 7) is 0. The van der Waals surface area contributed by atoms with E-state index < -0.39 is 0 Å². The Bertz CT molecular complexity index is 695. The van der Waals surface area contributed by atoms with Gasteiger partial charge in [-0.25, -0.2) is 0 Å². The van der Waals surface area contributed by atoms with Gasteiger partial charge in [-0.3, -0.25) is 4.79 Å². The average Bonchev–Trinajstić information content (AvgIpc) is 2.59. The first-order valence-electron chi connectivity index (χ1n) is 6.97. The van der Waals surface area contributed by atoms with E-state index in [0.29, 0.717) is 28.5 Å². The van der Waals surface area contributed by atoms with E-state index in [1.54, 1.807) is 30.3 Å². The van der Waals surface area contributed by atoms with Crippen LogP contribution in [0.4, 0.5) is 5.69 Å². The zero-order valence-corrected chi connectivity index (χ0v) is 13.3. The zero-order valence-electron chi connectivity index (χ0n) is 13.3. The highest BCUT2D eigenvalue weighted by molar-refractivity contribution is 6.10. The number of anilines is 1. The molecule has 2 aromatic carbocycles. The van der Waals surface area contributed by atoms with Gasteiger partial charge in [0.25, 0.3) is 0 Å². The van der Waals surface area contributed by atoms with Gasteiger partial charge in [0.15, 0.2) is 5.78 Å². The molecule has 0 spiro atoms. The smallest absolute Gasteiger partial charge is 0.193 e. The molecule has 2 N–H and O–H groups in total. The summed E-state index contributed by atoms with van der Waals surface area (Å²) in [5.74, 6) is 1.12. The number of carbonyl (C=O) groups excluding carboxylic acids is 1. The van der Waals surface area contributed by atoms with Crippen molar-refractivity contribution >= 4 is 17.5 Å². The van der Waals surface area contributed by atoms with Gasteiger partial charge in [-0.15, -0.1) is 0 Å². The Balaban J connectivity index is 2.36. The second-order valence-electron chi connectivity index (χ2n) is 4.77. The first kappa shape index (κ1) is 16.4. The molecule has 0 saturated carbocycles. The van der Waals surface area contributed by atoms with Gasteiger partial charge >= 0.3 is 0 Å². The lowest BCUT2D eigenvalue weighted by molar-refractivity contribution is 0.104. The molecular weight excluding hydrogens is 294 g/mol. The number of benzene rings is 2. The third-order valence-electron chi connectivity index (χ3n) is 3.33. The quantitative estimate of drug-likeness (QED) is 0.504. The molecule has 0 aliphatic rings. The number of nitrogen functional groups attached to an aromatic ring is 1. The van der Waals surface area contributed by atoms with Crippen molar-refractivity contribution in [2.75, 3.05) is 27.1 Å². The van der Waals surface area contributed by atoms with Gasteiger partial charge in [0.05, 0.1) is 21.3 Å². The van der Waals surface area contributed by atoms with Crippen LogP contribution < -0.4 is 19.9 Å². The Labute approximate surface area is 135 Å².